The lowest BCUT2D eigenvalue weighted by Gasteiger charge is -2.21. The molecule has 0 unspecified atom stereocenters. The Balaban J connectivity index is 1.86. The highest BCUT2D eigenvalue weighted by Gasteiger charge is 2.42. The molecule has 0 spiro atoms. The first-order valence-electron chi connectivity index (χ1n) is 6.74. The largest absolute Gasteiger partial charge is 0.481 e. The molecule has 20 heavy (non-hydrogen) atoms. The number of nitrogens with zero attached hydrogens (tertiary/aromatic N) is 2. The summed E-state index contributed by atoms with van der Waals surface area (Å²) in [4.78, 5) is 24.7. The predicted octanol–water partition coefficient (Wildman–Crippen LogP) is -0.265. The maximum atomic E-state index is 12.0. The number of amides is 1. The van der Waals surface area contributed by atoms with Gasteiger partial charge in [-0.15, -0.1) is 0 Å². The summed E-state index contributed by atoms with van der Waals surface area (Å²) in [7, 11) is -3.17. The summed E-state index contributed by atoms with van der Waals surface area (Å²) in [6.45, 7) is 2.93. The van der Waals surface area contributed by atoms with Gasteiger partial charge in [0.25, 0.3) is 0 Å². The monoisotopic (exact) mass is 304 g/mol. The zero-order valence-electron chi connectivity index (χ0n) is 11.5. The molecule has 7 nitrogen and oxygen atoms in total. The van der Waals surface area contributed by atoms with Crippen molar-refractivity contribution in [2.45, 2.75) is 26.2 Å². The minimum atomic E-state index is -3.17. The molecular weight excluding hydrogens is 284 g/mol. The van der Waals surface area contributed by atoms with Gasteiger partial charge in [0.05, 0.1) is 11.2 Å². The molecule has 2 heterocycles. The van der Waals surface area contributed by atoms with E-state index < -0.39 is 21.4 Å². The summed E-state index contributed by atoms with van der Waals surface area (Å²) >= 11 is 0. The van der Waals surface area contributed by atoms with Crippen LogP contribution in [-0.2, 0) is 19.6 Å². The van der Waals surface area contributed by atoms with E-state index in [1.807, 2.05) is 0 Å². The second-order valence-corrected chi connectivity index (χ2v) is 7.84. The molecule has 1 N–H and O–H groups in total. The van der Waals surface area contributed by atoms with Gasteiger partial charge in [0.15, 0.2) is 0 Å². The molecule has 8 heteroatoms. The molecule has 0 aromatic rings. The summed E-state index contributed by atoms with van der Waals surface area (Å²) in [5.41, 5.74) is -0.880. The van der Waals surface area contributed by atoms with Crippen LogP contribution in [-0.4, -0.2) is 66.5 Å². The second-order valence-electron chi connectivity index (χ2n) is 5.75. The van der Waals surface area contributed by atoms with Crippen LogP contribution in [0.15, 0.2) is 0 Å². The van der Waals surface area contributed by atoms with Gasteiger partial charge in [-0.2, -0.15) is 0 Å². The van der Waals surface area contributed by atoms with Crippen molar-refractivity contribution >= 4 is 21.9 Å². The van der Waals surface area contributed by atoms with Gasteiger partial charge >= 0.3 is 5.97 Å². The third-order valence-electron chi connectivity index (χ3n) is 4.12. The molecular formula is C12H20N2O5S. The van der Waals surface area contributed by atoms with Gasteiger partial charge in [0.2, 0.25) is 15.9 Å². The Labute approximate surface area is 118 Å². The minimum Gasteiger partial charge on any atom is -0.481 e. The Kier molecular flexibility index (Phi) is 4.06. The topological polar surface area (TPSA) is 95.0 Å². The number of carboxylic acid groups (broad SMARTS) is 1. The van der Waals surface area contributed by atoms with Crippen LogP contribution in [0.4, 0.5) is 0 Å². The van der Waals surface area contributed by atoms with Crippen molar-refractivity contribution in [3.05, 3.63) is 0 Å². The molecule has 0 aromatic carbocycles. The Bertz CT molecular complexity index is 518. The molecule has 114 valence electrons. The van der Waals surface area contributed by atoms with E-state index >= 15 is 0 Å². The van der Waals surface area contributed by atoms with Crippen LogP contribution in [0.5, 0.6) is 0 Å². The first-order valence-corrected chi connectivity index (χ1v) is 8.34. The molecule has 2 aliphatic rings. The molecule has 2 saturated heterocycles. The molecule has 0 saturated carbocycles. The highest BCUT2D eigenvalue weighted by Crippen LogP contribution is 2.30. The highest BCUT2D eigenvalue weighted by atomic mass is 32.2. The molecule has 1 atom stereocenters. The number of likely N-dealkylation sites (tertiary alicyclic amines) is 1. The minimum absolute atomic E-state index is 0.120. The zero-order valence-corrected chi connectivity index (χ0v) is 12.4. The van der Waals surface area contributed by atoms with Gasteiger partial charge < -0.3 is 10.0 Å². The summed E-state index contributed by atoms with van der Waals surface area (Å²) in [5, 5.41) is 9.12. The molecule has 0 aliphatic carbocycles. The average Bonchev–Trinajstić information content (AvgIpc) is 2.91. The van der Waals surface area contributed by atoms with Crippen molar-refractivity contribution in [3.63, 3.8) is 0 Å². The van der Waals surface area contributed by atoms with Gasteiger partial charge in [0.1, 0.15) is 0 Å². The third kappa shape index (κ3) is 2.95. The summed E-state index contributed by atoms with van der Waals surface area (Å²) in [5.74, 6) is -0.908. The van der Waals surface area contributed by atoms with Gasteiger partial charge in [0, 0.05) is 32.6 Å². The number of carbonyl (C=O) groups is 2. The van der Waals surface area contributed by atoms with E-state index in [1.54, 1.807) is 6.92 Å². The molecule has 2 rings (SSSR count). The number of aliphatic carboxylic acids is 1. The molecule has 1 amide bonds. The second kappa shape index (κ2) is 5.33. The van der Waals surface area contributed by atoms with Crippen LogP contribution < -0.4 is 0 Å². The number of hydrogen-bond donors (Lipinski definition) is 1. The molecule has 0 radical (unpaired) electrons. The number of rotatable bonds is 4. The van der Waals surface area contributed by atoms with Gasteiger partial charge in [-0.05, 0) is 19.8 Å². The van der Waals surface area contributed by atoms with Crippen LogP contribution in [0, 0.1) is 5.41 Å². The SMILES string of the molecule is C[C@@]1(C(=O)O)CCN(C(=O)CCN2CCCS2(=O)=O)C1. The fraction of sp³-hybridized carbons (Fsp3) is 0.833. The maximum absolute atomic E-state index is 12.0. The number of sulfonamides is 1. The van der Waals surface area contributed by atoms with Crippen LogP contribution in [0.2, 0.25) is 0 Å². The van der Waals surface area contributed by atoms with Gasteiger partial charge in [-0.3, -0.25) is 9.59 Å². The average molecular weight is 304 g/mol. The van der Waals surface area contributed by atoms with Crippen molar-refractivity contribution in [3.8, 4) is 0 Å². The van der Waals surface area contributed by atoms with Crippen molar-refractivity contribution in [1.82, 2.24) is 9.21 Å². The Morgan fingerprint density at radius 1 is 1.30 bits per heavy atom. The lowest BCUT2D eigenvalue weighted by Crippen LogP contribution is -2.37. The normalized spacial score (nSPS) is 29.8. The van der Waals surface area contributed by atoms with E-state index in [4.69, 9.17) is 5.11 Å². The lowest BCUT2D eigenvalue weighted by molar-refractivity contribution is -0.147. The predicted molar refractivity (Wildman–Crippen MR) is 71.5 cm³/mol. The summed E-state index contributed by atoms with van der Waals surface area (Å²) in [6.07, 6.45) is 1.17. The molecule has 2 fully saturated rings. The van der Waals surface area contributed by atoms with Crippen molar-refractivity contribution in [2.75, 3.05) is 31.9 Å². The fourth-order valence-electron chi connectivity index (χ4n) is 2.67. The number of hydrogen-bond acceptors (Lipinski definition) is 4. The van der Waals surface area contributed by atoms with Crippen molar-refractivity contribution in [2.24, 2.45) is 5.41 Å². The smallest absolute Gasteiger partial charge is 0.311 e. The van der Waals surface area contributed by atoms with Crippen LogP contribution in [0.25, 0.3) is 0 Å². The first-order chi connectivity index (χ1) is 9.24. The summed E-state index contributed by atoms with van der Waals surface area (Å²) in [6, 6.07) is 0. The first kappa shape index (κ1) is 15.2. The Hall–Kier alpha value is -1.15. The molecule has 0 aromatic heterocycles. The standard InChI is InChI=1S/C12H20N2O5S/c1-12(11(16)17)4-7-13(9-12)10(15)3-6-14-5-2-8-20(14,18)19/h2-9H2,1H3,(H,16,17)/t12-/m1/s1. The zero-order chi connectivity index (χ0) is 15.0. The van der Waals surface area contributed by atoms with Crippen LogP contribution >= 0.6 is 0 Å². The fourth-order valence-corrected chi connectivity index (χ4v) is 4.20. The third-order valence-corrected chi connectivity index (χ3v) is 6.08. The van der Waals surface area contributed by atoms with Crippen molar-refractivity contribution < 1.29 is 23.1 Å². The lowest BCUT2D eigenvalue weighted by atomic mass is 9.90. The number of carboxylic acids is 1. The summed E-state index contributed by atoms with van der Waals surface area (Å²) < 4.78 is 24.6. The highest BCUT2D eigenvalue weighted by molar-refractivity contribution is 7.89. The van der Waals surface area contributed by atoms with Gasteiger partial charge in [-0.25, -0.2) is 12.7 Å². The Morgan fingerprint density at radius 2 is 2.00 bits per heavy atom. The van der Waals surface area contributed by atoms with E-state index in [9.17, 15) is 18.0 Å². The Morgan fingerprint density at radius 3 is 2.50 bits per heavy atom. The van der Waals surface area contributed by atoms with E-state index in [-0.39, 0.29) is 31.2 Å². The van der Waals surface area contributed by atoms with Gasteiger partial charge in [-0.1, -0.05) is 0 Å². The van der Waals surface area contributed by atoms with E-state index in [2.05, 4.69) is 0 Å². The molecule has 0 bridgehead atoms. The van der Waals surface area contributed by atoms with E-state index in [1.165, 1.54) is 9.21 Å². The maximum Gasteiger partial charge on any atom is 0.311 e. The van der Waals surface area contributed by atoms with Crippen molar-refractivity contribution in [1.29, 1.82) is 0 Å². The number of carbonyl (C=O) groups excluding carboxylic acids is 1. The van der Waals surface area contributed by atoms with Crippen LogP contribution in [0.1, 0.15) is 26.2 Å². The quantitative estimate of drug-likeness (QED) is 0.772. The van der Waals surface area contributed by atoms with E-state index in [0.717, 1.165) is 0 Å². The molecule has 2 aliphatic heterocycles. The van der Waals surface area contributed by atoms with E-state index in [0.29, 0.717) is 25.9 Å². The van der Waals surface area contributed by atoms with Crippen LogP contribution in [0.3, 0.4) is 0 Å².